The molecule has 0 aliphatic carbocycles. The molecule has 0 saturated carbocycles. The Morgan fingerprint density at radius 2 is 2.20 bits per heavy atom. The summed E-state index contributed by atoms with van der Waals surface area (Å²) in [6, 6.07) is 8.95. The third-order valence-electron chi connectivity index (χ3n) is 5.21. The van der Waals surface area contributed by atoms with E-state index in [4.69, 9.17) is 4.74 Å². The van der Waals surface area contributed by atoms with E-state index in [9.17, 15) is 4.79 Å². The fourth-order valence-electron chi connectivity index (χ4n) is 3.69. The van der Waals surface area contributed by atoms with E-state index < -0.39 is 0 Å². The summed E-state index contributed by atoms with van der Waals surface area (Å²) in [4.78, 5) is 16.2. The van der Waals surface area contributed by atoms with Gasteiger partial charge in [0, 0.05) is 38.8 Å². The predicted molar refractivity (Wildman–Crippen MR) is 100 cm³/mol. The first-order valence-corrected chi connectivity index (χ1v) is 9.65. The molecule has 1 aromatic rings. The van der Waals surface area contributed by atoms with Gasteiger partial charge in [0.15, 0.2) is 0 Å². The Morgan fingerprint density at radius 1 is 1.36 bits per heavy atom. The Morgan fingerprint density at radius 3 is 3.00 bits per heavy atom. The summed E-state index contributed by atoms with van der Waals surface area (Å²) < 4.78 is 6.21. The van der Waals surface area contributed by atoms with E-state index in [0.29, 0.717) is 6.04 Å². The largest absolute Gasteiger partial charge is 0.489 e. The predicted octanol–water partition coefficient (Wildman–Crippen LogP) is 2.90. The summed E-state index contributed by atoms with van der Waals surface area (Å²) >= 11 is 0. The summed E-state index contributed by atoms with van der Waals surface area (Å²) in [6.07, 6.45) is 4.50. The van der Waals surface area contributed by atoms with Crippen LogP contribution in [0.2, 0.25) is 0 Å². The minimum atomic E-state index is 0.0922. The molecule has 2 aliphatic heterocycles. The van der Waals surface area contributed by atoms with E-state index in [2.05, 4.69) is 42.3 Å². The van der Waals surface area contributed by atoms with Crippen molar-refractivity contribution in [1.29, 1.82) is 0 Å². The highest BCUT2D eigenvalue weighted by Gasteiger charge is 2.23. The zero-order valence-corrected chi connectivity index (χ0v) is 15.5. The second kappa shape index (κ2) is 8.56. The topological polar surface area (TPSA) is 44.8 Å². The van der Waals surface area contributed by atoms with Crippen LogP contribution < -0.4 is 10.1 Å². The highest BCUT2D eigenvalue weighted by atomic mass is 16.5. The zero-order chi connectivity index (χ0) is 17.6. The summed E-state index contributed by atoms with van der Waals surface area (Å²) in [6.45, 7) is 8.98. The Bertz CT molecular complexity index is 576. The molecular weight excluding hydrogens is 314 g/mol. The lowest BCUT2D eigenvalue weighted by atomic mass is 10.0. The Hall–Kier alpha value is -1.75. The van der Waals surface area contributed by atoms with Gasteiger partial charge in [0.2, 0.25) is 0 Å². The van der Waals surface area contributed by atoms with Gasteiger partial charge in [0.05, 0.1) is 0 Å². The maximum absolute atomic E-state index is 11.8. The van der Waals surface area contributed by atoms with Crippen LogP contribution in [0, 0.1) is 0 Å². The van der Waals surface area contributed by atoms with Crippen LogP contribution in [0.3, 0.4) is 0 Å². The quantitative estimate of drug-likeness (QED) is 0.826. The van der Waals surface area contributed by atoms with Crippen LogP contribution in [0.15, 0.2) is 24.3 Å². The Balaban J connectivity index is 1.47. The van der Waals surface area contributed by atoms with Crippen LogP contribution >= 0.6 is 0 Å². The first kappa shape index (κ1) is 18.1. The second-order valence-electron chi connectivity index (χ2n) is 7.40. The second-order valence-corrected chi connectivity index (χ2v) is 7.40. The molecule has 2 aliphatic rings. The average molecular weight is 345 g/mol. The van der Waals surface area contributed by atoms with Gasteiger partial charge in [-0.1, -0.05) is 18.2 Å². The van der Waals surface area contributed by atoms with E-state index >= 15 is 0 Å². The third-order valence-corrected chi connectivity index (χ3v) is 5.21. The van der Waals surface area contributed by atoms with Crippen molar-refractivity contribution in [2.24, 2.45) is 0 Å². The molecule has 1 unspecified atom stereocenters. The monoisotopic (exact) mass is 345 g/mol. The van der Waals surface area contributed by atoms with Crippen LogP contribution in [0.25, 0.3) is 0 Å². The van der Waals surface area contributed by atoms with Crippen molar-refractivity contribution < 1.29 is 9.53 Å². The minimum absolute atomic E-state index is 0.0922. The molecule has 0 radical (unpaired) electrons. The maximum Gasteiger partial charge on any atom is 0.317 e. The molecule has 1 fully saturated rings. The third kappa shape index (κ3) is 4.88. The lowest BCUT2D eigenvalue weighted by Gasteiger charge is -2.34. The van der Waals surface area contributed by atoms with Gasteiger partial charge in [0.25, 0.3) is 0 Å². The molecule has 138 valence electrons. The van der Waals surface area contributed by atoms with Crippen molar-refractivity contribution in [3.05, 3.63) is 29.8 Å². The van der Waals surface area contributed by atoms with Crippen LogP contribution in [0.5, 0.6) is 5.75 Å². The van der Waals surface area contributed by atoms with E-state index in [1.54, 1.807) is 0 Å². The average Bonchev–Trinajstić information content (AvgIpc) is 2.62. The number of ether oxygens (including phenoxy) is 1. The van der Waals surface area contributed by atoms with Crippen LogP contribution in [-0.2, 0) is 6.42 Å². The fraction of sp³-hybridized carbons (Fsp3) is 0.650. The van der Waals surface area contributed by atoms with Crippen LogP contribution in [0.4, 0.5) is 4.79 Å². The van der Waals surface area contributed by atoms with E-state index in [1.165, 1.54) is 5.56 Å². The van der Waals surface area contributed by atoms with Gasteiger partial charge in [-0.3, -0.25) is 4.90 Å². The van der Waals surface area contributed by atoms with Crippen molar-refractivity contribution in [3.63, 3.8) is 0 Å². The highest BCUT2D eigenvalue weighted by Crippen LogP contribution is 2.27. The lowest BCUT2D eigenvalue weighted by molar-refractivity contribution is 0.0941. The Labute approximate surface area is 151 Å². The smallest absolute Gasteiger partial charge is 0.317 e. The molecule has 0 aromatic heterocycles. The molecule has 5 nitrogen and oxygen atoms in total. The van der Waals surface area contributed by atoms with Gasteiger partial charge >= 0.3 is 6.03 Å². The number of para-hydroxylation sites is 1. The number of aryl methyl sites for hydroxylation is 1. The molecule has 1 saturated heterocycles. The van der Waals surface area contributed by atoms with Gasteiger partial charge in [-0.2, -0.15) is 0 Å². The van der Waals surface area contributed by atoms with E-state index in [-0.39, 0.29) is 12.1 Å². The fourth-order valence-corrected chi connectivity index (χ4v) is 3.69. The molecule has 0 bridgehead atoms. The van der Waals surface area contributed by atoms with Crippen molar-refractivity contribution in [3.8, 4) is 5.75 Å². The van der Waals surface area contributed by atoms with Gasteiger partial charge < -0.3 is 15.0 Å². The summed E-state index contributed by atoms with van der Waals surface area (Å²) in [5.74, 6) is 1.05. The van der Waals surface area contributed by atoms with Gasteiger partial charge in [-0.15, -0.1) is 0 Å². The van der Waals surface area contributed by atoms with Crippen LogP contribution in [0.1, 0.15) is 38.7 Å². The Kier molecular flexibility index (Phi) is 6.19. The lowest BCUT2D eigenvalue weighted by Crippen LogP contribution is -2.47. The van der Waals surface area contributed by atoms with Crippen molar-refractivity contribution in [2.45, 2.75) is 51.7 Å². The molecule has 1 N–H and O–H groups in total. The molecule has 1 atom stereocenters. The molecule has 0 spiro atoms. The normalized spacial score (nSPS) is 20.4. The number of nitrogens with zero attached hydrogens (tertiary/aromatic N) is 2. The van der Waals surface area contributed by atoms with Crippen molar-refractivity contribution in [1.82, 2.24) is 15.1 Å². The number of nitrogens with one attached hydrogen (secondary N) is 1. The molecule has 1 aromatic carbocycles. The SMILES string of the molecule is CC(C)N(CCCN1CCCNC1=O)CC1CCc2ccccc2O1. The molecule has 2 heterocycles. The number of benzene rings is 1. The maximum atomic E-state index is 11.8. The number of amides is 2. The van der Waals surface area contributed by atoms with Crippen molar-refractivity contribution in [2.75, 3.05) is 32.7 Å². The molecule has 25 heavy (non-hydrogen) atoms. The summed E-state index contributed by atoms with van der Waals surface area (Å²) in [5, 5.41) is 2.92. The number of hydrogen-bond donors (Lipinski definition) is 1. The molecular formula is C20H31N3O2. The van der Waals surface area contributed by atoms with E-state index in [1.807, 2.05) is 11.0 Å². The number of hydrogen-bond acceptors (Lipinski definition) is 3. The van der Waals surface area contributed by atoms with Gasteiger partial charge in [-0.25, -0.2) is 4.79 Å². The van der Waals surface area contributed by atoms with E-state index in [0.717, 1.165) is 64.2 Å². The van der Waals surface area contributed by atoms with Crippen LogP contribution in [-0.4, -0.2) is 60.7 Å². The van der Waals surface area contributed by atoms with Gasteiger partial charge in [0.1, 0.15) is 11.9 Å². The van der Waals surface area contributed by atoms with Crippen molar-refractivity contribution >= 4 is 6.03 Å². The first-order chi connectivity index (χ1) is 12.1. The number of fused-ring (bicyclic) bond motifs is 1. The summed E-state index contributed by atoms with van der Waals surface area (Å²) in [5.41, 5.74) is 1.32. The standard InChI is InChI=1S/C20H31N3O2/c1-16(2)23(14-6-13-22-12-5-11-21-20(22)24)15-18-10-9-17-7-3-4-8-19(17)25-18/h3-4,7-8,16,18H,5-6,9-15H2,1-2H3,(H,21,24). The molecule has 2 amide bonds. The van der Waals surface area contributed by atoms with Gasteiger partial charge in [-0.05, 0) is 51.2 Å². The number of urea groups is 1. The molecule has 3 rings (SSSR count). The zero-order valence-electron chi connectivity index (χ0n) is 15.5. The number of carbonyl (C=O) groups is 1. The molecule has 5 heteroatoms. The summed E-state index contributed by atoms with van der Waals surface area (Å²) in [7, 11) is 0. The highest BCUT2D eigenvalue weighted by molar-refractivity contribution is 5.74. The number of rotatable bonds is 7. The minimum Gasteiger partial charge on any atom is -0.489 e. The first-order valence-electron chi connectivity index (χ1n) is 9.65. The number of carbonyl (C=O) groups excluding carboxylic acids is 1.